The van der Waals surface area contributed by atoms with Crippen molar-refractivity contribution in [1.82, 2.24) is 10.2 Å². The number of esters is 1. The van der Waals surface area contributed by atoms with Gasteiger partial charge in [-0.05, 0) is 24.1 Å². The van der Waals surface area contributed by atoms with Crippen LogP contribution in [0.1, 0.15) is 49.0 Å². The van der Waals surface area contributed by atoms with Crippen LogP contribution in [-0.2, 0) is 20.8 Å². The Morgan fingerprint density at radius 2 is 1.75 bits per heavy atom. The summed E-state index contributed by atoms with van der Waals surface area (Å²) < 4.78 is 11.9. The number of nitrogens with zero attached hydrogens (tertiary/aromatic N) is 1. The van der Waals surface area contributed by atoms with Gasteiger partial charge < -0.3 is 14.8 Å². The molecule has 6 heteroatoms. The molecule has 6 nitrogen and oxygen atoms in total. The SMILES string of the molecule is CCCCOC[C@@H]1C[C@H](OC(=O)c2ccccc2)[C@@H](NC(C)=O)CN1Cc1ccccc1. The minimum absolute atomic E-state index is 0.0886. The van der Waals surface area contributed by atoms with E-state index in [1.807, 2.05) is 36.4 Å². The van der Waals surface area contributed by atoms with Crippen LogP contribution in [0.3, 0.4) is 0 Å². The van der Waals surface area contributed by atoms with E-state index in [9.17, 15) is 9.59 Å². The standard InChI is InChI=1S/C26H34N2O4/c1-3-4-15-31-19-23-16-25(32-26(30)22-13-9-6-10-14-22)24(27-20(2)29)18-28(23)17-21-11-7-5-8-12-21/h5-14,23-25H,3-4,15-19H2,1-2H3,(H,27,29)/t23-,24-,25-/m0/s1. The van der Waals surface area contributed by atoms with Gasteiger partial charge >= 0.3 is 5.97 Å². The van der Waals surface area contributed by atoms with E-state index in [4.69, 9.17) is 9.47 Å². The van der Waals surface area contributed by atoms with Crippen molar-refractivity contribution < 1.29 is 19.1 Å². The lowest BCUT2D eigenvalue weighted by atomic mass is 9.94. The zero-order valence-electron chi connectivity index (χ0n) is 19.0. The molecule has 0 aromatic heterocycles. The van der Waals surface area contributed by atoms with E-state index in [1.165, 1.54) is 12.5 Å². The zero-order chi connectivity index (χ0) is 22.8. The second-order valence-corrected chi connectivity index (χ2v) is 8.35. The van der Waals surface area contributed by atoms with Crippen LogP contribution in [0.4, 0.5) is 0 Å². The van der Waals surface area contributed by atoms with Gasteiger partial charge in [0.2, 0.25) is 5.91 Å². The fraction of sp³-hybridized carbons (Fsp3) is 0.462. The van der Waals surface area contributed by atoms with Gasteiger partial charge in [-0.3, -0.25) is 9.69 Å². The second kappa shape index (κ2) is 12.4. The van der Waals surface area contributed by atoms with Crippen LogP contribution in [0, 0.1) is 0 Å². The average Bonchev–Trinajstić information content (AvgIpc) is 2.80. The summed E-state index contributed by atoms with van der Waals surface area (Å²) in [7, 11) is 0. The van der Waals surface area contributed by atoms with Crippen molar-refractivity contribution in [2.45, 2.75) is 57.8 Å². The fourth-order valence-electron chi connectivity index (χ4n) is 4.06. The van der Waals surface area contributed by atoms with Gasteiger partial charge in [-0.25, -0.2) is 4.79 Å². The van der Waals surface area contributed by atoms with Gasteiger partial charge in [0, 0.05) is 39.1 Å². The van der Waals surface area contributed by atoms with Crippen LogP contribution in [0.15, 0.2) is 60.7 Å². The molecule has 3 rings (SSSR count). The normalized spacial score (nSPS) is 21.1. The smallest absolute Gasteiger partial charge is 0.338 e. The van der Waals surface area contributed by atoms with Crippen LogP contribution >= 0.6 is 0 Å². The summed E-state index contributed by atoms with van der Waals surface area (Å²) in [4.78, 5) is 27.0. The Morgan fingerprint density at radius 3 is 2.41 bits per heavy atom. The van der Waals surface area contributed by atoms with E-state index in [-0.39, 0.29) is 24.0 Å². The number of carbonyl (C=O) groups is 2. The number of nitrogens with one attached hydrogen (secondary N) is 1. The number of piperidine rings is 1. The number of hydrogen-bond acceptors (Lipinski definition) is 5. The van der Waals surface area contributed by atoms with Crippen LogP contribution in [0.2, 0.25) is 0 Å². The molecule has 172 valence electrons. The third kappa shape index (κ3) is 7.18. The minimum atomic E-state index is -0.418. The van der Waals surface area contributed by atoms with E-state index in [0.717, 1.165) is 26.0 Å². The lowest BCUT2D eigenvalue weighted by Crippen LogP contribution is -2.60. The largest absolute Gasteiger partial charge is 0.456 e. The predicted molar refractivity (Wildman–Crippen MR) is 124 cm³/mol. The number of ether oxygens (including phenoxy) is 2. The average molecular weight is 439 g/mol. The molecule has 2 aromatic carbocycles. The molecule has 1 N–H and O–H groups in total. The number of likely N-dealkylation sites (tertiary alicyclic amines) is 1. The van der Waals surface area contributed by atoms with Crippen molar-refractivity contribution in [1.29, 1.82) is 0 Å². The second-order valence-electron chi connectivity index (χ2n) is 8.35. The van der Waals surface area contributed by atoms with Gasteiger partial charge in [0.15, 0.2) is 0 Å². The highest BCUT2D eigenvalue weighted by Crippen LogP contribution is 2.24. The molecule has 0 bridgehead atoms. The third-order valence-corrected chi connectivity index (χ3v) is 5.74. The van der Waals surface area contributed by atoms with Gasteiger partial charge in [-0.2, -0.15) is 0 Å². The van der Waals surface area contributed by atoms with Crippen molar-refractivity contribution in [3.63, 3.8) is 0 Å². The van der Waals surface area contributed by atoms with E-state index in [2.05, 4.69) is 29.3 Å². The number of rotatable bonds is 10. The van der Waals surface area contributed by atoms with E-state index in [0.29, 0.717) is 25.1 Å². The highest BCUT2D eigenvalue weighted by atomic mass is 16.5. The van der Waals surface area contributed by atoms with Crippen molar-refractivity contribution in [2.75, 3.05) is 19.8 Å². The number of benzene rings is 2. The number of carbonyl (C=O) groups excluding carboxylic acids is 2. The Morgan fingerprint density at radius 1 is 1.06 bits per heavy atom. The molecule has 0 spiro atoms. The first kappa shape index (κ1) is 24.0. The zero-order valence-corrected chi connectivity index (χ0v) is 19.0. The van der Waals surface area contributed by atoms with Crippen molar-refractivity contribution >= 4 is 11.9 Å². The molecule has 2 aromatic rings. The Balaban J connectivity index is 1.75. The molecule has 1 amide bonds. The fourth-order valence-corrected chi connectivity index (χ4v) is 4.06. The van der Waals surface area contributed by atoms with Gasteiger partial charge in [-0.15, -0.1) is 0 Å². The molecule has 0 aliphatic carbocycles. The molecule has 0 saturated carbocycles. The molecule has 1 aliphatic heterocycles. The molecule has 1 fully saturated rings. The number of unbranched alkanes of at least 4 members (excludes halogenated alkanes) is 1. The van der Waals surface area contributed by atoms with Crippen LogP contribution in [0.25, 0.3) is 0 Å². The van der Waals surface area contributed by atoms with E-state index in [1.54, 1.807) is 12.1 Å². The Bertz CT molecular complexity index is 843. The Hall–Kier alpha value is -2.70. The van der Waals surface area contributed by atoms with Crippen molar-refractivity contribution in [3.05, 3.63) is 71.8 Å². The minimum Gasteiger partial charge on any atom is -0.456 e. The highest BCUT2D eigenvalue weighted by Gasteiger charge is 2.38. The Kier molecular flexibility index (Phi) is 9.26. The molecule has 1 aliphatic rings. The molecular formula is C26H34N2O4. The number of hydrogen-bond donors (Lipinski definition) is 1. The quantitative estimate of drug-likeness (QED) is 0.451. The molecule has 32 heavy (non-hydrogen) atoms. The molecule has 1 heterocycles. The first-order valence-electron chi connectivity index (χ1n) is 11.5. The molecular weight excluding hydrogens is 404 g/mol. The monoisotopic (exact) mass is 438 g/mol. The topological polar surface area (TPSA) is 67.9 Å². The predicted octanol–water partition coefficient (Wildman–Crippen LogP) is 3.81. The highest BCUT2D eigenvalue weighted by molar-refractivity contribution is 5.89. The molecule has 1 saturated heterocycles. The molecule has 0 unspecified atom stereocenters. The first-order chi connectivity index (χ1) is 15.6. The summed E-state index contributed by atoms with van der Waals surface area (Å²) in [5, 5.41) is 3.00. The molecule has 0 radical (unpaired) electrons. The van der Waals surface area contributed by atoms with E-state index >= 15 is 0 Å². The van der Waals surface area contributed by atoms with Crippen LogP contribution < -0.4 is 5.32 Å². The van der Waals surface area contributed by atoms with Gasteiger partial charge in [0.1, 0.15) is 6.10 Å². The van der Waals surface area contributed by atoms with Gasteiger partial charge in [0.05, 0.1) is 18.2 Å². The summed E-state index contributed by atoms with van der Waals surface area (Å²) in [5.41, 5.74) is 1.71. The van der Waals surface area contributed by atoms with Crippen LogP contribution in [-0.4, -0.2) is 54.7 Å². The number of amides is 1. The first-order valence-corrected chi connectivity index (χ1v) is 11.5. The summed E-state index contributed by atoms with van der Waals surface area (Å²) in [6.45, 7) is 6.26. The maximum absolute atomic E-state index is 12.7. The maximum Gasteiger partial charge on any atom is 0.338 e. The lowest BCUT2D eigenvalue weighted by Gasteiger charge is -2.43. The van der Waals surface area contributed by atoms with Gasteiger partial charge in [0.25, 0.3) is 0 Å². The summed E-state index contributed by atoms with van der Waals surface area (Å²) in [6.07, 6.45) is 2.29. The summed E-state index contributed by atoms with van der Waals surface area (Å²) >= 11 is 0. The summed E-state index contributed by atoms with van der Waals surface area (Å²) in [6, 6.07) is 19.0. The molecule has 3 atom stereocenters. The van der Waals surface area contributed by atoms with Crippen LogP contribution in [0.5, 0.6) is 0 Å². The summed E-state index contributed by atoms with van der Waals surface area (Å²) in [5.74, 6) is -0.499. The van der Waals surface area contributed by atoms with Crippen molar-refractivity contribution in [3.8, 4) is 0 Å². The maximum atomic E-state index is 12.7. The van der Waals surface area contributed by atoms with Crippen molar-refractivity contribution in [2.24, 2.45) is 0 Å². The van der Waals surface area contributed by atoms with E-state index < -0.39 is 6.10 Å². The lowest BCUT2D eigenvalue weighted by molar-refractivity contribution is -0.122. The van der Waals surface area contributed by atoms with Gasteiger partial charge in [-0.1, -0.05) is 61.9 Å². The Labute approximate surface area is 190 Å². The third-order valence-electron chi connectivity index (χ3n) is 5.74.